The van der Waals surface area contributed by atoms with Crippen LogP contribution in [-0.2, 0) is 0 Å². The van der Waals surface area contributed by atoms with E-state index in [1.165, 1.54) is 19.3 Å². The zero-order valence-electron chi connectivity index (χ0n) is 13.1. The molecule has 0 aromatic heterocycles. The molecule has 1 saturated carbocycles. The fraction of sp³-hybridized carbons (Fsp3) is 0.647. The van der Waals surface area contributed by atoms with Crippen molar-refractivity contribution in [2.75, 3.05) is 11.1 Å². The highest BCUT2D eigenvalue weighted by atomic mass is 16.5. The lowest BCUT2D eigenvalue weighted by molar-refractivity contribution is 0.243. The van der Waals surface area contributed by atoms with Crippen LogP contribution in [0.4, 0.5) is 11.4 Å². The molecular weight excluding hydrogens is 248 g/mol. The standard InChI is InChI=1S/C17H28N2O/c1-11(2)20-16-10-6-9-15(17(16)18)19-14-8-5-7-12(3)13(14)4/h6,9-14,19H,5,7-8,18H2,1-4H3. The quantitative estimate of drug-likeness (QED) is 0.806. The van der Waals surface area contributed by atoms with Crippen LogP contribution in [0, 0.1) is 11.8 Å². The lowest BCUT2D eigenvalue weighted by Crippen LogP contribution is -2.35. The van der Waals surface area contributed by atoms with Crippen LogP contribution in [0.1, 0.15) is 47.0 Å². The van der Waals surface area contributed by atoms with Gasteiger partial charge >= 0.3 is 0 Å². The van der Waals surface area contributed by atoms with Crippen molar-refractivity contribution in [1.29, 1.82) is 0 Å². The Kier molecular flexibility index (Phi) is 4.79. The van der Waals surface area contributed by atoms with Gasteiger partial charge in [-0.1, -0.05) is 32.8 Å². The predicted octanol–water partition coefficient (Wildman–Crippen LogP) is 4.29. The van der Waals surface area contributed by atoms with Crippen LogP contribution in [0.25, 0.3) is 0 Å². The lowest BCUT2D eigenvalue weighted by Gasteiger charge is -2.35. The van der Waals surface area contributed by atoms with Crippen LogP contribution < -0.4 is 15.8 Å². The Morgan fingerprint density at radius 2 is 2.00 bits per heavy atom. The molecule has 0 bridgehead atoms. The van der Waals surface area contributed by atoms with E-state index in [9.17, 15) is 0 Å². The first kappa shape index (κ1) is 15.0. The van der Waals surface area contributed by atoms with Gasteiger partial charge in [-0.05, 0) is 44.2 Å². The molecule has 3 atom stereocenters. The van der Waals surface area contributed by atoms with Crippen LogP contribution in [0.3, 0.4) is 0 Å². The summed E-state index contributed by atoms with van der Waals surface area (Å²) in [7, 11) is 0. The summed E-state index contributed by atoms with van der Waals surface area (Å²) in [5.41, 5.74) is 7.98. The topological polar surface area (TPSA) is 47.3 Å². The van der Waals surface area contributed by atoms with Crippen LogP contribution in [0.15, 0.2) is 18.2 Å². The SMILES string of the molecule is CC(C)Oc1cccc(NC2CCCC(C)C2C)c1N. The number of nitrogen functional groups attached to an aromatic ring is 1. The van der Waals surface area contributed by atoms with Crippen molar-refractivity contribution >= 4 is 11.4 Å². The smallest absolute Gasteiger partial charge is 0.144 e. The van der Waals surface area contributed by atoms with E-state index in [0.29, 0.717) is 12.0 Å². The molecule has 0 saturated heterocycles. The zero-order chi connectivity index (χ0) is 14.7. The Bertz CT molecular complexity index is 445. The number of para-hydroxylation sites is 1. The van der Waals surface area contributed by atoms with Crippen molar-refractivity contribution in [2.24, 2.45) is 11.8 Å². The molecule has 0 spiro atoms. The molecule has 3 heteroatoms. The highest BCUT2D eigenvalue weighted by Crippen LogP contribution is 2.35. The third-order valence-electron chi connectivity index (χ3n) is 4.48. The van der Waals surface area contributed by atoms with Gasteiger partial charge in [-0.2, -0.15) is 0 Å². The van der Waals surface area contributed by atoms with E-state index in [-0.39, 0.29) is 6.10 Å². The first-order valence-electron chi connectivity index (χ1n) is 7.80. The molecule has 2 rings (SSSR count). The number of ether oxygens (including phenoxy) is 1. The molecule has 3 nitrogen and oxygen atoms in total. The van der Waals surface area contributed by atoms with Gasteiger partial charge in [-0.25, -0.2) is 0 Å². The second-order valence-corrected chi connectivity index (χ2v) is 6.40. The van der Waals surface area contributed by atoms with Crippen molar-refractivity contribution in [3.63, 3.8) is 0 Å². The third kappa shape index (κ3) is 3.38. The fourth-order valence-corrected chi connectivity index (χ4v) is 3.01. The minimum absolute atomic E-state index is 0.140. The summed E-state index contributed by atoms with van der Waals surface area (Å²) in [6, 6.07) is 6.50. The maximum absolute atomic E-state index is 6.24. The molecule has 1 aliphatic carbocycles. The van der Waals surface area contributed by atoms with E-state index >= 15 is 0 Å². The van der Waals surface area contributed by atoms with E-state index in [1.54, 1.807) is 0 Å². The van der Waals surface area contributed by atoms with Crippen LogP contribution in [0.5, 0.6) is 5.75 Å². The number of nitrogens with two attached hydrogens (primary N) is 1. The van der Waals surface area contributed by atoms with Gasteiger partial charge < -0.3 is 15.8 Å². The summed E-state index contributed by atoms with van der Waals surface area (Å²) in [4.78, 5) is 0. The van der Waals surface area contributed by atoms with Crippen molar-refractivity contribution in [2.45, 2.75) is 59.1 Å². The van der Waals surface area contributed by atoms with Gasteiger partial charge in [0.1, 0.15) is 5.75 Å². The summed E-state index contributed by atoms with van der Waals surface area (Å²) in [6.45, 7) is 8.72. The Morgan fingerprint density at radius 1 is 1.25 bits per heavy atom. The molecular formula is C17H28N2O. The van der Waals surface area contributed by atoms with E-state index in [2.05, 4.69) is 25.2 Å². The number of hydrogen-bond acceptors (Lipinski definition) is 3. The van der Waals surface area contributed by atoms with Crippen LogP contribution in [-0.4, -0.2) is 12.1 Å². The molecule has 0 aliphatic heterocycles. The molecule has 0 radical (unpaired) electrons. The van der Waals surface area contributed by atoms with Gasteiger partial charge in [0.2, 0.25) is 0 Å². The average molecular weight is 276 g/mol. The van der Waals surface area contributed by atoms with E-state index in [1.807, 2.05) is 26.0 Å². The van der Waals surface area contributed by atoms with Gasteiger partial charge in [0.05, 0.1) is 17.5 Å². The Hall–Kier alpha value is -1.38. The summed E-state index contributed by atoms with van der Waals surface area (Å²) >= 11 is 0. The zero-order valence-corrected chi connectivity index (χ0v) is 13.1. The highest BCUT2D eigenvalue weighted by molar-refractivity contribution is 5.73. The molecule has 3 unspecified atom stereocenters. The second kappa shape index (κ2) is 6.38. The van der Waals surface area contributed by atoms with Gasteiger partial charge in [-0.15, -0.1) is 0 Å². The maximum Gasteiger partial charge on any atom is 0.144 e. The Morgan fingerprint density at radius 3 is 2.70 bits per heavy atom. The van der Waals surface area contributed by atoms with Gasteiger partial charge in [0, 0.05) is 6.04 Å². The summed E-state index contributed by atoms with van der Waals surface area (Å²) in [5, 5.41) is 3.64. The summed E-state index contributed by atoms with van der Waals surface area (Å²) in [5.74, 6) is 2.23. The number of rotatable bonds is 4. The minimum atomic E-state index is 0.140. The summed E-state index contributed by atoms with van der Waals surface area (Å²) < 4.78 is 5.76. The summed E-state index contributed by atoms with van der Waals surface area (Å²) in [6.07, 6.45) is 4.00. The third-order valence-corrected chi connectivity index (χ3v) is 4.48. The normalized spacial score (nSPS) is 26.6. The molecule has 1 aliphatic rings. The number of hydrogen-bond donors (Lipinski definition) is 2. The first-order valence-corrected chi connectivity index (χ1v) is 7.80. The van der Waals surface area contributed by atoms with Crippen molar-refractivity contribution < 1.29 is 4.74 Å². The maximum atomic E-state index is 6.24. The highest BCUT2D eigenvalue weighted by Gasteiger charge is 2.27. The molecule has 1 aromatic rings. The number of anilines is 2. The number of benzene rings is 1. The van der Waals surface area contributed by atoms with Gasteiger partial charge in [0.15, 0.2) is 0 Å². The first-order chi connectivity index (χ1) is 9.49. The van der Waals surface area contributed by atoms with Crippen molar-refractivity contribution in [1.82, 2.24) is 0 Å². The minimum Gasteiger partial charge on any atom is -0.489 e. The molecule has 1 aromatic carbocycles. The van der Waals surface area contributed by atoms with E-state index in [4.69, 9.17) is 10.5 Å². The molecule has 1 fully saturated rings. The molecule has 0 amide bonds. The number of nitrogens with one attached hydrogen (secondary N) is 1. The largest absolute Gasteiger partial charge is 0.489 e. The molecule has 3 N–H and O–H groups in total. The fourth-order valence-electron chi connectivity index (χ4n) is 3.01. The van der Waals surface area contributed by atoms with Crippen LogP contribution >= 0.6 is 0 Å². The lowest BCUT2D eigenvalue weighted by atomic mass is 9.78. The Balaban J connectivity index is 2.13. The Labute approximate surface area is 122 Å². The van der Waals surface area contributed by atoms with Gasteiger partial charge in [-0.3, -0.25) is 0 Å². The molecule has 0 heterocycles. The predicted molar refractivity (Wildman–Crippen MR) is 86.2 cm³/mol. The van der Waals surface area contributed by atoms with E-state index < -0.39 is 0 Å². The second-order valence-electron chi connectivity index (χ2n) is 6.40. The van der Waals surface area contributed by atoms with Crippen LogP contribution in [0.2, 0.25) is 0 Å². The average Bonchev–Trinajstić information content (AvgIpc) is 2.39. The van der Waals surface area contributed by atoms with Crippen molar-refractivity contribution in [3.05, 3.63) is 18.2 Å². The monoisotopic (exact) mass is 276 g/mol. The molecule has 112 valence electrons. The van der Waals surface area contributed by atoms with Crippen molar-refractivity contribution in [3.8, 4) is 5.75 Å². The van der Waals surface area contributed by atoms with E-state index in [0.717, 1.165) is 23.0 Å². The van der Waals surface area contributed by atoms with Gasteiger partial charge in [0.25, 0.3) is 0 Å². The molecule has 20 heavy (non-hydrogen) atoms.